The molecule has 1 aromatic heterocycles. The van der Waals surface area contributed by atoms with Gasteiger partial charge in [-0.2, -0.15) is 0 Å². The molecule has 0 bridgehead atoms. The van der Waals surface area contributed by atoms with Crippen molar-refractivity contribution in [2.75, 3.05) is 0 Å². The van der Waals surface area contributed by atoms with Gasteiger partial charge in [-0.05, 0) is 22.0 Å². The van der Waals surface area contributed by atoms with E-state index >= 15 is 0 Å². The van der Waals surface area contributed by atoms with Crippen LogP contribution in [-0.2, 0) is 0 Å². The van der Waals surface area contributed by atoms with Crippen molar-refractivity contribution >= 4 is 33.8 Å². The normalized spacial score (nSPS) is 10.5. The highest BCUT2D eigenvalue weighted by Gasteiger charge is 2.17. The molecular formula is C7H3BrClF2NO. The van der Waals surface area contributed by atoms with Crippen molar-refractivity contribution in [2.24, 2.45) is 0 Å². The molecule has 0 aliphatic heterocycles. The zero-order valence-electron chi connectivity index (χ0n) is 6.10. The van der Waals surface area contributed by atoms with E-state index in [4.69, 9.17) is 11.6 Å². The second-order valence-electron chi connectivity index (χ2n) is 2.15. The Morgan fingerprint density at radius 1 is 1.62 bits per heavy atom. The predicted octanol–water partition coefficient (Wildman–Crippen LogP) is 3.25. The molecule has 0 saturated carbocycles. The second kappa shape index (κ2) is 4.11. The van der Waals surface area contributed by atoms with Crippen molar-refractivity contribution in [2.45, 2.75) is 6.43 Å². The van der Waals surface area contributed by atoms with E-state index in [9.17, 15) is 13.6 Å². The minimum Gasteiger partial charge on any atom is -0.298 e. The van der Waals surface area contributed by atoms with Gasteiger partial charge in [0.25, 0.3) is 6.43 Å². The van der Waals surface area contributed by atoms with Crippen molar-refractivity contribution in [1.29, 1.82) is 0 Å². The van der Waals surface area contributed by atoms with Crippen molar-refractivity contribution in [1.82, 2.24) is 4.98 Å². The lowest BCUT2D eigenvalue weighted by Crippen LogP contribution is -1.96. The first-order valence-corrected chi connectivity index (χ1v) is 4.32. The van der Waals surface area contributed by atoms with Gasteiger partial charge in [-0.1, -0.05) is 11.6 Å². The summed E-state index contributed by atoms with van der Waals surface area (Å²) in [5, 5.41) is -0.298. The third kappa shape index (κ3) is 2.22. The number of carbonyl (C=O) groups excluding carboxylic acids is 1. The number of carbonyl (C=O) groups is 1. The molecule has 2 nitrogen and oxygen atoms in total. The molecule has 0 aromatic carbocycles. The van der Waals surface area contributed by atoms with Gasteiger partial charge in [0.15, 0.2) is 6.29 Å². The van der Waals surface area contributed by atoms with Gasteiger partial charge in [0.1, 0.15) is 10.3 Å². The fourth-order valence-electron chi connectivity index (χ4n) is 0.766. The third-order valence-electron chi connectivity index (χ3n) is 1.31. The maximum absolute atomic E-state index is 12.2. The first-order valence-electron chi connectivity index (χ1n) is 3.15. The van der Waals surface area contributed by atoms with Crippen LogP contribution in [0.5, 0.6) is 0 Å². The molecule has 0 atom stereocenters. The quantitative estimate of drug-likeness (QED) is 0.610. The Morgan fingerprint density at radius 2 is 2.23 bits per heavy atom. The van der Waals surface area contributed by atoms with Gasteiger partial charge in [0, 0.05) is 5.56 Å². The third-order valence-corrected chi connectivity index (χ3v) is 2.13. The van der Waals surface area contributed by atoms with Crippen molar-refractivity contribution in [3.8, 4) is 0 Å². The summed E-state index contributed by atoms with van der Waals surface area (Å²) >= 11 is 8.38. The summed E-state index contributed by atoms with van der Waals surface area (Å²) in [5.74, 6) is 0. The molecule has 13 heavy (non-hydrogen) atoms. The number of hydrogen-bond donors (Lipinski definition) is 0. The summed E-state index contributed by atoms with van der Waals surface area (Å²) in [7, 11) is 0. The molecule has 1 heterocycles. The molecule has 0 aliphatic carbocycles. The molecule has 0 fully saturated rings. The highest BCUT2D eigenvalue weighted by atomic mass is 79.9. The SMILES string of the molecule is O=Cc1cc(Br)nc(C(F)F)c1Cl. The number of pyridine rings is 1. The van der Waals surface area contributed by atoms with Crippen LogP contribution >= 0.6 is 27.5 Å². The van der Waals surface area contributed by atoms with Gasteiger partial charge in [-0.15, -0.1) is 0 Å². The van der Waals surface area contributed by atoms with Crippen LogP contribution in [0.25, 0.3) is 0 Å². The Balaban J connectivity index is 3.35. The van der Waals surface area contributed by atoms with Gasteiger partial charge >= 0.3 is 0 Å². The van der Waals surface area contributed by atoms with Crippen LogP contribution < -0.4 is 0 Å². The molecule has 0 unspecified atom stereocenters. The van der Waals surface area contributed by atoms with E-state index in [0.717, 1.165) is 0 Å². The Kier molecular flexibility index (Phi) is 3.33. The number of nitrogens with zero attached hydrogens (tertiary/aromatic N) is 1. The molecule has 70 valence electrons. The van der Waals surface area contributed by atoms with E-state index in [0.29, 0.717) is 6.29 Å². The topological polar surface area (TPSA) is 30.0 Å². The van der Waals surface area contributed by atoms with E-state index in [1.807, 2.05) is 0 Å². The molecule has 0 N–H and O–H groups in total. The summed E-state index contributed by atoms with van der Waals surface area (Å²) in [6.45, 7) is 0. The molecule has 6 heteroatoms. The molecule has 0 amide bonds. The number of rotatable bonds is 2. The van der Waals surface area contributed by atoms with Crippen LogP contribution in [0.1, 0.15) is 22.5 Å². The van der Waals surface area contributed by atoms with Crippen molar-refractivity contribution < 1.29 is 13.6 Å². The number of hydrogen-bond acceptors (Lipinski definition) is 2. The highest BCUT2D eigenvalue weighted by Crippen LogP contribution is 2.29. The fourth-order valence-corrected chi connectivity index (χ4v) is 1.43. The number of aromatic nitrogens is 1. The fraction of sp³-hybridized carbons (Fsp3) is 0.143. The predicted molar refractivity (Wildman–Crippen MR) is 47.3 cm³/mol. The standard InChI is InChI=1S/C7H3BrClF2NO/c8-4-1-3(2-13)5(9)6(12-4)7(10)11/h1-2,7H. The van der Waals surface area contributed by atoms with E-state index in [-0.39, 0.29) is 15.2 Å². The lowest BCUT2D eigenvalue weighted by molar-refractivity contribution is 0.112. The Morgan fingerprint density at radius 3 is 2.69 bits per heavy atom. The largest absolute Gasteiger partial charge is 0.298 e. The van der Waals surface area contributed by atoms with E-state index < -0.39 is 12.1 Å². The summed E-state index contributed by atoms with van der Waals surface area (Å²) in [5.41, 5.74) is -0.586. The van der Waals surface area contributed by atoms with E-state index in [1.165, 1.54) is 6.07 Å². The number of alkyl halides is 2. The summed E-state index contributed by atoms with van der Waals surface area (Å²) in [4.78, 5) is 13.8. The van der Waals surface area contributed by atoms with Crippen LogP contribution in [0.15, 0.2) is 10.7 Å². The molecule has 0 saturated heterocycles. The minimum absolute atomic E-state index is 0.00107. The van der Waals surface area contributed by atoms with E-state index in [2.05, 4.69) is 20.9 Å². The Bertz CT molecular complexity index is 346. The lowest BCUT2D eigenvalue weighted by atomic mass is 10.2. The molecule has 0 aliphatic rings. The number of halogens is 4. The van der Waals surface area contributed by atoms with Crippen LogP contribution in [-0.4, -0.2) is 11.3 Å². The van der Waals surface area contributed by atoms with Crippen LogP contribution in [0.3, 0.4) is 0 Å². The first-order chi connectivity index (χ1) is 6.06. The van der Waals surface area contributed by atoms with Crippen molar-refractivity contribution in [3.63, 3.8) is 0 Å². The highest BCUT2D eigenvalue weighted by molar-refractivity contribution is 9.10. The molecule has 1 aromatic rings. The maximum atomic E-state index is 12.2. The van der Waals surface area contributed by atoms with Crippen LogP contribution in [0.2, 0.25) is 5.02 Å². The summed E-state index contributed by atoms with van der Waals surface area (Å²) < 4.78 is 24.6. The van der Waals surface area contributed by atoms with Gasteiger partial charge in [0.2, 0.25) is 0 Å². The molecule has 0 radical (unpaired) electrons. The Hall–Kier alpha value is -0.550. The maximum Gasteiger partial charge on any atom is 0.281 e. The average molecular weight is 270 g/mol. The second-order valence-corrected chi connectivity index (χ2v) is 3.34. The zero-order valence-corrected chi connectivity index (χ0v) is 8.44. The van der Waals surface area contributed by atoms with Gasteiger partial charge in [-0.3, -0.25) is 4.79 Å². The van der Waals surface area contributed by atoms with Gasteiger partial charge in [-0.25, -0.2) is 13.8 Å². The molecular weight excluding hydrogens is 267 g/mol. The lowest BCUT2D eigenvalue weighted by Gasteiger charge is -2.04. The first kappa shape index (κ1) is 10.5. The zero-order chi connectivity index (χ0) is 10.0. The monoisotopic (exact) mass is 269 g/mol. The minimum atomic E-state index is -2.79. The molecule has 1 rings (SSSR count). The van der Waals surface area contributed by atoms with E-state index in [1.54, 1.807) is 0 Å². The average Bonchev–Trinajstić information content (AvgIpc) is 2.08. The smallest absolute Gasteiger partial charge is 0.281 e. The van der Waals surface area contributed by atoms with Gasteiger partial charge < -0.3 is 0 Å². The Labute approximate surface area is 86.0 Å². The summed E-state index contributed by atoms with van der Waals surface area (Å²) in [6.07, 6.45) is -2.38. The van der Waals surface area contributed by atoms with Gasteiger partial charge in [0.05, 0.1) is 5.02 Å². The van der Waals surface area contributed by atoms with Crippen LogP contribution in [0, 0.1) is 0 Å². The molecule has 0 spiro atoms. The number of aldehydes is 1. The van der Waals surface area contributed by atoms with Crippen molar-refractivity contribution in [3.05, 3.63) is 26.9 Å². The summed E-state index contributed by atoms with van der Waals surface area (Å²) in [6, 6.07) is 1.28. The van der Waals surface area contributed by atoms with Crippen LogP contribution in [0.4, 0.5) is 8.78 Å².